The Kier molecular flexibility index (Phi) is 4.42. The van der Waals surface area contributed by atoms with Gasteiger partial charge in [-0.05, 0) is 25.8 Å². The molecule has 1 aromatic heterocycles. The first-order valence-corrected chi connectivity index (χ1v) is 7.65. The fourth-order valence-corrected chi connectivity index (χ4v) is 2.33. The third-order valence-electron chi connectivity index (χ3n) is 3.58. The van der Waals surface area contributed by atoms with Gasteiger partial charge in [0.2, 0.25) is 0 Å². The number of aromatic nitrogens is 1. The first-order chi connectivity index (χ1) is 10.2. The molecule has 1 aliphatic rings. The van der Waals surface area contributed by atoms with Crippen molar-refractivity contribution in [3.63, 3.8) is 0 Å². The third kappa shape index (κ3) is 3.96. The van der Waals surface area contributed by atoms with Crippen LogP contribution in [0.15, 0.2) is 36.5 Å². The summed E-state index contributed by atoms with van der Waals surface area (Å²) in [6.07, 6.45) is 4.44. The van der Waals surface area contributed by atoms with E-state index in [9.17, 15) is 0 Å². The highest BCUT2D eigenvalue weighted by Crippen LogP contribution is 2.24. The third-order valence-corrected chi connectivity index (χ3v) is 3.95. The van der Waals surface area contributed by atoms with Crippen LogP contribution in [-0.2, 0) is 13.2 Å². The van der Waals surface area contributed by atoms with Gasteiger partial charge in [0.1, 0.15) is 12.4 Å². The Hall–Kier alpha value is -1.58. The molecule has 1 aromatic carbocycles. The maximum atomic E-state index is 6.17. The van der Waals surface area contributed by atoms with Gasteiger partial charge in [0.25, 0.3) is 0 Å². The zero-order valence-electron chi connectivity index (χ0n) is 12.1. The molecule has 1 aliphatic carbocycles. The summed E-state index contributed by atoms with van der Waals surface area (Å²) in [5.41, 5.74) is 3.05. The van der Waals surface area contributed by atoms with Gasteiger partial charge in [-0.25, -0.2) is 0 Å². The van der Waals surface area contributed by atoms with Crippen LogP contribution in [0.25, 0.3) is 0 Å². The van der Waals surface area contributed by atoms with Crippen LogP contribution in [0.4, 0.5) is 0 Å². The SMILES string of the molecule is Cc1cc(OCc2ccccc2Cl)c(CNC2CC2)cn1. The fraction of sp³-hybridized carbons (Fsp3) is 0.353. The summed E-state index contributed by atoms with van der Waals surface area (Å²) in [6.45, 7) is 3.25. The largest absolute Gasteiger partial charge is 0.488 e. The predicted octanol–water partition coefficient (Wildman–Crippen LogP) is 3.87. The predicted molar refractivity (Wildman–Crippen MR) is 84.6 cm³/mol. The summed E-state index contributed by atoms with van der Waals surface area (Å²) in [5, 5.41) is 4.23. The Morgan fingerprint density at radius 3 is 2.86 bits per heavy atom. The number of halogens is 1. The van der Waals surface area contributed by atoms with E-state index in [1.54, 1.807) is 0 Å². The van der Waals surface area contributed by atoms with E-state index in [0.29, 0.717) is 12.6 Å². The Morgan fingerprint density at radius 1 is 1.29 bits per heavy atom. The van der Waals surface area contributed by atoms with E-state index in [1.165, 1.54) is 12.8 Å². The Balaban J connectivity index is 1.70. The van der Waals surface area contributed by atoms with E-state index in [0.717, 1.165) is 34.1 Å². The topological polar surface area (TPSA) is 34.1 Å². The molecule has 0 spiro atoms. The van der Waals surface area contributed by atoms with Crippen LogP contribution < -0.4 is 10.1 Å². The van der Waals surface area contributed by atoms with Crippen LogP contribution in [0.1, 0.15) is 29.7 Å². The second kappa shape index (κ2) is 6.46. The molecule has 1 heterocycles. The van der Waals surface area contributed by atoms with Gasteiger partial charge in [0, 0.05) is 46.7 Å². The lowest BCUT2D eigenvalue weighted by Crippen LogP contribution is -2.16. The highest BCUT2D eigenvalue weighted by molar-refractivity contribution is 6.31. The summed E-state index contributed by atoms with van der Waals surface area (Å²) in [7, 11) is 0. The summed E-state index contributed by atoms with van der Waals surface area (Å²) >= 11 is 6.17. The highest BCUT2D eigenvalue weighted by Gasteiger charge is 2.20. The van der Waals surface area contributed by atoms with E-state index in [4.69, 9.17) is 16.3 Å². The van der Waals surface area contributed by atoms with Crippen LogP contribution in [-0.4, -0.2) is 11.0 Å². The van der Waals surface area contributed by atoms with Gasteiger partial charge in [-0.3, -0.25) is 4.98 Å². The smallest absolute Gasteiger partial charge is 0.127 e. The van der Waals surface area contributed by atoms with Crippen molar-refractivity contribution in [2.24, 2.45) is 0 Å². The van der Waals surface area contributed by atoms with Crippen molar-refractivity contribution in [1.29, 1.82) is 0 Å². The number of ether oxygens (including phenoxy) is 1. The fourth-order valence-electron chi connectivity index (χ4n) is 2.14. The lowest BCUT2D eigenvalue weighted by Gasteiger charge is -2.13. The molecule has 0 saturated heterocycles. The first-order valence-electron chi connectivity index (χ1n) is 7.27. The van der Waals surface area contributed by atoms with Crippen LogP contribution in [0, 0.1) is 6.92 Å². The quantitative estimate of drug-likeness (QED) is 0.879. The summed E-state index contributed by atoms with van der Waals surface area (Å²) < 4.78 is 5.97. The Labute approximate surface area is 130 Å². The highest BCUT2D eigenvalue weighted by atomic mass is 35.5. The van der Waals surface area contributed by atoms with Crippen LogP contribution in [0.3, 0.4) is 0 Å². The molecule has 3 nitrogen and oxygen atoms in total. The zero-order chi connectivity index (χ0) is 14.7. The molecule has 4 heteroatoms. The molecule has 0 radical (unpaired) electrons. The molecule has 3 rings (SSSR count). The maximum Gasteiger partial charge on any atom is 0.127 e. The molecule has 110 valence electrons. The van der Waals surface area contributed by atoms with Gasteiger partial charge < -0.3 is 10.1 Å². The van der Waals surface area contributed by atoms with Crippen LogP contribution in [0.2, 0.25) is 5.02 Å². The lowest BCUT2D eigenvalue weighted by molar-refractivity contribution is 0.301. The molecule has 0 amide bonds. The molecule has 1 fully saturated rings. The van der Waals surface area contributed by atoms with Crippen molar-refractivity contribution >= 4 is 11.6 Å². The average Bonchev–Trinajstić information content (AvgIpc) is 3.30. The molecule has 0 aliphatic heterocycles. The minimum absolute atomic E-state index is 0.472. The van der Waals surface area contributed by atoms with E-state index < -0.39 is 0 Å². The lowest BCUT2D eigenvalue weighted by atomic mass is 10.2. The maximum absolute atomic E-state index is 6.17. The van der Waals surface area contributed by atoms with E-state index in [-0.39, 0.29) is 0 Å². The number of benzene rings is 1. The zero-order valence-corrected chi connectivity index (χ0v) is 12.9. The van der Waals surface area contributed by atoms with Gasteiger partial charge in [-0.15, -0.1) is 0 Å². The van der Waals surface area contributed by atoms with Crippen molar-refractivity contribution in [2.75, 3.05) is 0 Å². The number of aryl methyl sites for hydroxylation is 1. The van der Waals surface area contributed by atoms with Gasteiger partial charge in [0.15, 0.2) is 0 Å². The van der Waals surface area contributed by atoms with Gasteiger partial charge in [-0.1, -0.05) is 29.8 Å². The molecule has 2 aromatic rings. The number of hydrogen-bond donors (Lipinski definition) is 1. The number of rotatable bonds is 6. The van der Waals surface area contributed by atoms with Crippen molar-refractivity contribution in [1.82, 2.24) is 10.3 Å². The second-order valence-electron chi connectivity index (χ2n) is 5.47. The molecule has 0 atom stereocenters. The van der Waals surface area contributed by atoms with E-state index >= 15 is 0 Å². The van der Waals surface area contributed by atoms with Crippen molar-refractivity contribution in [3.8, 4) is 5.75 Å². The summed E-state index contributed by atoms with van der Waals surface area (Å²) in [5.74, 6) is 0.885. The first kappa shape index (κ1) is 14.4. The molecule has 1 N–H and O–H groups in total. The Bertz CT molecular complexity index is 626. The second-order valence-corrected chi connectivity index (χ2v) is 5.88. The summed E-state index contributed by atoms with van der Waals surface area (Å²) in [6, 6.07) is 10.4. The van der Waals surface area contributed by atoms with Gasteiger partial charge in [0.05, 0.1) is 0 Å². The van der Waals surface area contributed by atoms with Crippen molar-refractivity contribution in [3.05, 3.63) is 58.4 Å². The molecule has 21 heavy (non-hydrogen) atoms. The van der Waals surface area contributed by atoms with Crippen LogP contribution >= 0.6 is 11.6 Å². The van der Waals surface area contributed by atoms with Crippen molar-refractivity contribution < 1.29 is 4.74 Å². The van der Waals surface area contributed by atoms with Gasteiger partial charge >= 0.3 is 0 Å². The molecule has 0 bridgehead atoms. The van der Waals surface area contributed by atoms with Crippen molar-refractivity contribution in [2.45, 2.75) is 39.0 Å². The van der Waals surface area contributed by atoms with Gasteiger partial charge in [-0.2, -0.15) is 0 Å². The monoisotopic (exact) mass is 302 g/mol. The minimum Gasteiger partial charge on any atom is -0.488 e. The molecular weight excluding hydrogens is 284 g/mol. The number of nitrogens with zero attached hydrogens (tertiary/aromatic N) is 1. The molecule has 1 saturated carbocycles. The standard InChI is InChI=1S/C17H19ClN2O/c1-12-8-17(14(9-19-12)10-20-15-6-7-15)21-11-13-4-2-3-5-16(13)18/h2-5,8-9,15,20H,6-7,10-11H2,1H3. The number of pyridine rings is 1. The average molecular weight is 303 g/mol. The normalized spacial score (nSPS) is 14.2. The Morgan fingerprint density at radius 2 is 2.10 bits per heavy atom. The number of nitrogens with one attached hydrogen (secondary N) is 1. The van der Waals surface area contributed by atoms with Crippen LogP contribution in [0.5, 0.6) is 5.75 Å². The minimum atomic E-state index is 0.472. The molecule has 0 unspecified atom stereocenters. The van der Waals surface area contributed by atoms with E-state index in [1.807, 2.05) is 43.5 Å². The summed E-state index contributed by atoms with van der Waals surface area (Å²) in [4.78, 5) is 4.36. The number of hydrogen-bond acceptors (Lipinski definition) is 3. The molecular formula is C17H19ClN2O. The van der Waals surface area contributed by atoms with E-state index in [2.05, 4.69) is 10.3 Å².